The Morgan fingerprint density at radius 1 is 1.00 bits per heavy atom. The number of phenols is 1. The first-order chi connectivity index (χ1) is 17.4. The summed E-state index contributed by atoms with van der Waals surface area (Å²) in [5, 5.41) is 18.2. The van der Waals surface area contributed by atoms with Crippen LogP contribution in [0.3, 0.4) is 0 Å². The van der Waals surface area contributed by atoms with E-state index in [1.807, 2.05) is 12.1 Å². The summed E-state index contributed by atoms with van der Waals surface area (Å²) in [6.07, 6.45) is 11.2. The van der Waals surface area contributed by atoms with E-state index < -0.39 is 23.3 Å². The summed E-state index contributed by atoms with van der Waals surface area (Å²) >= 11 is 0. The predicted octanol–water partition coefficient (Wildman–Crippen LogP) is 4.96. The van der Waals surface area contributed by atoms with E-state index in [9.17, 15) is 18.7 Å². The van der Waals surface area contributed by atoms with Crippen molar-refractivity contribution in [1.82, 2.24) is 25.1 Å². The summed E-state index contributed by atoms with van der Waals surface area (Å²) in [5.74, 6) is -3.23. The molecule has 0 aliphatic heterocycles. The molecule has 2 aromatic heterocycles. The molecular weight excluding hydrogens is 464 g/mol. The van der Waals surface area contributed by atoms with Gasteiger partial charge in [-0.25, -0.2) is 18.7 Å². The van der Waals surface area contributed by atoms with Gasteiger partial charge in [0.2, 0.25) is 0 Å². The van der Waals surface area contributed by atoms with E-state index in [-0.39, 0.29) is 16.5 Å². The van der Waals surface area contributed by atoms with Crippen LogP contribution in [0.1, 0.15) is 48.9 Å². The fraction of sp³-hybridized carbons (Fsp3) is 0.333. The molecule has 3 fully saturated rings. The summed E-state index contributed by atoms with van der Waals surface area (Å²) in [5.41, 5.74) is 1.63. The molecule has 0 atom stereocenters. The molecule has 2 aromatic carbocycles. The van der Waals surface area contributed by atoms with Crippen LogP contribution in [0.2, 0.25) is 0 Å². The van der Waals surface area contributed by atoms with Gasteiger partial charge in [0, 0.05) is 41.6 Å². The highest BCUT2D eigenvalue weighted by Crippen LogP contribution is 2.55. The highest BCUT2D eigenvalue weighted by Gasteiger charge is 2.50. The second-order valence-electron chi connectivity index (χ2n) is 10.1. The highest BCUT2D eigenvalue weighted by atomic mass is 19.1. The van der Waals surface area contributed by atoms with Crippen LogP contribution in [-0.2, 0) is 5.54 Å². The van der Waals surface area contributed by atoms with Gasteiger partial charge in [-0.1, -0.05) is 12.1 Å². The zero-order valence-electron chi connectivity index (χ0n) is 19.5. The second-order valence-corrected chi connectivity index (χ2v) is 10.1. The van der Waals surface area contributed by atoms with Crippen molar-refractivity contribution in [3.63, 3.8) is 0 Å². The molecule has 7 rings (SSSR count). The lowest BCUT2D eigenvalue weighted by Gasteiger charge is -2.53. The maximum Gasteiger partial charge on any atom is 0.251 e. The third-order valence-corrected chi connectivity index (χ3v) is 8.08. The van der Waals surface area contributed by atoms with Crippen molar-refractivity contribution < 1.29 is 18.7 Å². The monoisotopic (exact) mass is 489 g/mol. The average molecular weight is 490 g/mol. The van der Waals surface area contributed by atoms with Crippen LogP contribution in [0.4, 0.5) is 8.78 Å². The lowest BCUT2D eigenvalue weighted by Crippen LogP contribution is -2.51. The normalized spacial score (nSPS) is 23.2. The molecule has 36 heavy (non-hydrogen) atoms. The van der Waals surface area contributed by atoms with Gasteiger partial charge in [-0.05, 0) is 68.2 Å². The summed E-state index contributed by atoms with van der Waals surface area (Å²) in [6.45, 7) is 0.452. The van der Waals surface area contributed by atoms with Crippen molar-refractivity contribution in [2.75, 3.05) is 6.54 Å². The van der Waals surface area contributed by atoms with E-state index in [1.54, 1.807) is 18.5 Å². The number of aromatic hydroxyl groups is 1. The first-order valence-electron chi connectivity index (χ1n) is 12.1. The van der Waals surface area contributed by atoms with Crippen molar-refractivity contribution in [2.45, 2.75) is 44.1 Å². The molecule has 1 amide bonds. The molecular formula is C27H25F2N5O2. The minimum absolute atomic E-state index is 0.0319. The quantitative estimate of drug-likeness (QED) is 0.414. The first kappa shape index (κ1) is 22.6. The van der Waals surface area contributed by atoms with E-state index in [1.165, 1.54) is 0 Å². The number of carbonyl (C=O) groups is 1. The number of hydrogen-bond acceptors (Lipinski definition) is 5. The molecule has 7 nitrogen and oxygen atoms in total. The van der Waals surface area contributed by atoms with E-state index in [4.69, 9.17) is 5.10 Å². The number of nitrogens with zero attached hydrogens (tertiary/aromatic N) is 4. The fourth-order valence-corrected chi connectivity index (χ4v) is 5.77. The zero-order chi connectivity index (χ0) is 24.9. The third-order valence-electron chi connectivity index (χ3n) is 8.08. The van der Waals surface area contributed by atoms with E-state index >= 15 is 0 Å². The summed E-state index contributed by atoms with van der Waals surface area (Å²) in [4.78, 5) is 21.2. The smallest absolute Gasteiger partial charge is 0.251 e. The number of amides is 1. The standard InChI is InChI=1S/C27H25F2N5O2/c28-20-12-19(13-21(29)23(20)35)25(36)32-16-26-4-7-27(8-5-26,9-6-26)34-15-18-3-2-17(14-22(18)33-34)24-30-10-1-11-31-24/h1-3,10-15,35H,4-9,16H2,(H,32,36)/t26-,27+. The van der Waals surface area contributed by atoms with Crippen LogP contribution in [0.15, 0.2) is 55.0 Å². The molecule has 2 heterocycles. The highest BCUT2D eigenvalue weighted by molar-refractivity contribution is 5.94. The lowest BCUT2D eigenvalue weighted by atomic mass is 9.57. The van der Waals surface area contributed by atoms with Crippen molar-refractivity contribution in [2.24, 2.45) is 5.41 Å². The molecule has 9 heteroatoms. The summed E-state index contributed by atoms with van der Waals surface area (Å²) in [6, 6.07) is 9.61. The van der Waals surface area contributed by atoms with Gasteiger partial charge in [0.1, 0.15) is 0 Å². The minimum atomic E-state index is -1.14. The van der Waals surface area contributed by atoms with Crippen molar-refractivity contribution in [3.05, 3.63) is 72.2 Å². The number of halogens is 2. The molecule has 2 bridgehead atoms. The summed E-state index contributed by atoms with van der Waals surface area (Å²) < 4.78 is 29.4. The van der Waals surface area contributed by atoms with Gasteiger partial charge in [-0.15, -0.1) is 0 Å². The number of benzene rings is 2. The van der Waals surface area contributed by atoms with Gasteiger partial charge in [0.25, 0.3) is 5.91 Å². The Labute approximate surface area is 206 Å². The van der Waals surface area contributed by atoms with Crippen LogP contribution >= 0.6 is 0 Å². The van der Waals surface area contributed by atoms with Gasteiger partial charge in [-0.2, -0.15) is 5.10 Å². The minimum Gasteiger partial charge on any atom is -0.503 e. The fourth-order valence-electron chi connectivity index (χ4n) is 5.77. The molecule has 4 aromatic rings. The molecule has 3 saturated carbocycles. The van der Waals surface area contributed by atoms with Crippen LogP contribution in [-0.4, -0.2) is 37.3 Å². The topological polar surface area (TPSA) is 92.9 Å². The number of nitrogens with one attached hydrogen (secondary N) is 1. The first-order valence-corrected chi connectivity index (χ1v) is 12.1. The van der Waals surface area contributed by atoms with Crippen LogP contribution in [0, 0.1) is 17.0 Å². The summed E-state index contributed by atoms with van der Waals surface area (Å²) in [7, 11) is 0. The Hall–Kier alpha value is -3.88. The molecule has 2 N–H and O–H groups in total. The Morgan fingerprint density at radius 3 is 2.33 bits per heavy atom. The van der Waals surface area contributed by atoms with Crippen molar-refractivity contribution in [3.8, 4) is 17.1 Å². The molecule has 0 spiro atoms. The van der Waals surface area contributed by atoms with Crippen molar-refractivity contribution in [1.29, 1.82) is 0 Å². The van der Waals surface area contributed by atoms with Gasteiger partial charge in [0.15, 0.2) is 23.2 Å². The molecule has 184 valence electrons. The number of fused-ring (bicyclic) bond motifs is 4. The van der Waals surface area contributed by atoms with Gasteiger partial charge in [-0.3, -0.25) is 9.48 Å². The van der Waals surface area contributed by atoms with E-state index in [0.717, 1.165) is 67.1 Å². The van der Waals surface area contributed by atoms with Crippen LogP contribution in [0.25, 0.3) is 22.3 Å². The van der Waals surface area contributed by atoms with Gasteiger partial charge in [0.05, 0.1) is 11.1 Å². The number of carbonyl (C=O) groups excluding carboxylic acids is 1. The van der Waals surface area contributed by atoms with E-state index in [0.29, 0.717) is 12.4 Å². The molecule has 3 aliphatic carbocycles. The largest absolute Gasteiger partial charge is 0.503 e. The predicted molar refractivity (Wildman–Crippen MR) is 129 cm³/mol. The average Bonchev–Trinajstić information content (AvgIpc) is 3.36. The number of aromatic nitrogens is 4. The Kier molecular flexibility index (Phi) is 5.24. The van der Waals surface area contributed by atoms with Crippen LogP contribution in [0.5, 0.6) is 5.75 Å². The van der Waals surface area contributed by atoms with Crippen LogP contribution < -0.4 is 5.32 Å². The number of rotatable bonds is 5. The third kappa shape index (κ3) is 3.79. The molecule has 0 radical (unpaired) electrons. The van der Waals surface area contributed by atoms with Gasteiger partial charge >= 0.3 is 0 Å². The Morgan fingerprint density at radius 2 is 1.67 bits per heavy atom. The number of hydrogen-bond donors (Lipinski definition) is 2. The second kappa shape index (κ2) is 8.36. The maximum absolute atomic E-state index is 13.6. The lowest BCUT2D eigenvalue weighted by molar-refractivity contribution is -0.00562. The number of phenolic OH excluding ortho intramolecular Hbond substituents is 1. The Bertz CT molecular complexity index is 1420. The maximum atomic E-state index is 13.6. The van der Waals surface area contributed by atoms with Gasteiger partial charge < -0.3 is 10.4 Å². The SMILES string of the molecule is O=C(NC[C@]12CC[C@](n3cc4ccc(-c5ncccn5)cc4n3)(CC1)CC2)c1cc(F)c(O)c(F)c1. The zero-order valence-corrected chi connectivity index (χ0v) is 19.5. The molecule has 3 aliphatic rings. The Balaban J connectivity index is 1.15. The molecule has 0 saturated heterocycles. The van der Waals surface area contributed by atoms with Crippen molar-refractivity contribution >= 4 is 16.8 Å². The van der Waals surface area contributed by atoms with E-state index in [2.05, 4.69) is 32.2 Å². The molecule has 0 unspecified atom stereocenters.